The summed E-state index contributed by atoms with van der Waals surface area (Å²) >= 11 is 0. The first-order chi connectivity index (χ1) is 17.9. The third-order valence-electron chi connectivity index (χ3n) is 6.43. The van der Waals surface area contributed by atoms with Crippen LogP contribution in [0.3, 0.4) is 0 Å². The first-order valence-corrected chi connectivity index (χ1v) is 12.2. The van der Waals surface area contributed by atoms with Crippen LogP contribution in [-0.2, 0) is 25.6 Å². The fourth-order valence-electron chi connectivity index (χ4n) is 4.67. The maximum Gasteiger partial charge on any atom is 0.336 e. The fourth-order valence-corrected chi connectivity index (χ4v) is 4.67. The van der Waals surface area contributed by atoms with Gasteiger partial charge in [-0.05, 0) is 43.5 Å². The Labute approximate surface area is 217 Å². The van der Waals surface area contributed by atoms with E-state index in [0.717, 1.165) is 23.2 Å². The number of rotatable bonds is 8. The van der Waals surface area contributed by atoms with Crippen molar-refractivity contribution in [3.05, 3.63) is 107 Å². The summed E-state index contributed by atoms with van der Waals surface area (Å²) in [6, 6.07) is 15.9. The molecular formula is C30H31N3O4. The van der Waals surface area contributed by atoms with Crippen LogP contribution in [0.15, 0.2) is 89.6 Å². The molecule has 3 aromatic rings. The Bertz CT molecular complexity index is 1350. The van der Waals surface area contributed by atoms with Gasteiger partial charge in [-0.3, -0.25) is 9.79 Å². The molecule has 0 saturated carbocycles. The normalized spacial score (nSPS) is 17.6. The van der Waals surface area contributed by atoms with Gasteiger partial charge in [-0.15, -0.1) is 0 Å². The number of allylic oxidation sites excluding steroid dienone is 1. The Morgan fingerprint density at radius 2 is 1.86 bits per heavy atom. The van der Waals surface area contributed by atoms with Crippen molar-refractivity contribution in [2.24, 2.45) is 10.9 Å². The number of methoxy groups -OCH3 is 1. The van der Waals surface area contributed by atoms with Gasteiger partial charge in [0.25, 0.3) is 0 Å². The number of benzene rings is 2. The zero-order valence-electron chi connectivity index (χ0n) is 21.5. The number of hydrogen-bond acceptors (Lipinski definition) is 6. The van der Waals surface area contributed by atoms with Gasteiger partial charge in [0, 0.05) is 36.3 Å². The van der Waals surface area contributed by atoms with E-state index in [0.29, 0.717) is 17.0 Å². The Hall–Kier alpha value is -4.26. The topological polar surface area (TPSA) is 82.8 Å². The van der Waals surface area contributed by atoms with E-state index in [2.05, 4.69) is 22.1 Å². The summed E-state index contributed by atoms with van der Waals surface area (Å²) in [5.74, 6) is -2.16. The Morgan fingerprint density at radius 3 is 2.54 bits per heavy atom. The molecule has 190 valence electrons. The smallest absolute Gasteiger partial charge is 0.336 e. The van der Waals surface area contributed by atoms with E-state index < -0.39 is 23.8 Å². The van der Waals surface area contributed by atoms with Crippen LogP contribution in [0.5, 0.6) is 0 Å². The molecule has 2 heterocycles. The second-order valence-corrected chi connectivity index (χ2v) is 9.12. The van der Waals surface area contributed by atoms with E-state index in [-0.39, 0.29) is 6.61 Å². The van der Waals surface area contributed by atoms with E-state index in [1.165, 1.54) is 12.7 Å². The highest BCUT2D eigenvalue weighted by Crippen LogP contribution is 2.40. The summed E-state index contributed by atoms with van der Waals surface area (Å²) in [5.41, 5.74) is 5.59. The number of ether oxygens (including phenoxy) is 2. The van der Waals surface area contributed by atoms with Crippen molar-refractivity contribution in [1.82, 2.24) is 9.55 Å². The quantitative estimate of drug-likeness (QED) is 0.404. The van der Waals surface area contributed by atoms with Gasteiger partial charge in [-0.1, -0.05) is 60.2 Å². The van der Waals surface area contributed by atoms with Crippen molar-refractivity contribution in [1.29, 1.82) is 0 Å². The summed E-state index contributed by atoms with van der Waals surface area (Å²) in [4.78, 5) is 34.6. The molecule has 0 aliphatic carbocycles. The lowest BCUT2D eigenvalue weighted by molar-refractivity contribution is -0.143. The van der Waals surface area contributed by atoms with E-state index in [1.807, 2.05) is 60.2 Å². The summed E-state index contributed by atoms with van der Waals surface area (Å²) < 4.78 is 12.7. The van der Waals surface area contributed by atoms with Crippen molar-refractivity contribution in [3.63, 3.8) is 0 Å². The van der Waals surface area contributed by atoms with Gasteiger partial charge in [0.2, 0.25) is 0 Å². The minimum Gasteiger partial charge on any atom is -0.468 e. The van der Waals surface area contributed by atoms with Gasteiger partial charge in [0.05, 0.1) is 19.0 Å². The second kappa shape index (κ2) is 11.6. The molecule has 2 unspecified atom stereocenters. The molecule has 37 heavy (non-hydrogen) atoms. The number of nitrogens with zero attached hydrogens (tertiary/aromatic N) is 3. The standard InChI is InChI=1S/C30H31N3O4/c1-20-7-5-9-25(17-20)28-26(29(34)36-4)21(2)32-22(3)27(28)30(35)37-16-6-8-23-10-12-24(13-11-23)18-33-15-14-31-19-33/h5-15,17,19,26,28H,16,18H2,1-4H3. The first kappa shape index (κ1) is 25.8. The van der Waals surface area contributed by atoms with Crippen LogP contribution in [0, 0.1) is 12.8 Å². The minimum atomic E-state index is -0.700. The van der Waals surface area contributed by atoms with E-state index in [4.69, 9.17) is 9.47 Å². The average molecular weight is 498 g/mol. The number of imidazole rings is 1. The molecule has 4 rings (SSSR count). The highest BCUT2D eigenvalue weighted by molar-refractivity contribution is 6.07. The number of carbonyl (C=O) groups excluding carboxylic acids is 2. The van der Waals surface area contributed by atoms with Gasteiger partial charge in [-0.2, -0.15) is 0 Å². The molecule has 7 heteroatoms. The second-order valence-electron chi connectivity index (χ2n) is 9.12. The van der Waals surface area contributed by atoms with Crippen LogP contribution in [0.1, 0.15) is 42.0 Å². The van der Waals surface area contributed by atoms with Crippen molar-refractivity contribution in [2.75, 3.05) is 13.7 Å². The van der Waals surface area contributed by atoms with Crippen LogP contribution in [0.2, 0.25) is 0 Å². The molecule has 2 atom stereocenters. The number of hydrogen-bond donors (Lipinski definition) is 0. The largest absolute Gasteiger partial charge is 0.468 e. The van der Waals surface area contributed by atoms with Gasteiger partial charge in [0.1, 0.15) is 12.5 Å². The molecule has 0 saturated heterocycles. The summed E-state index contributed by atoms with van der Waals surface area (Å²) in [7, 11) is 1.35. The van der Waals surface area contributed by atoms with E-state index in [9.17, 15) is 9.59 Å². The zero-order valence-corrected chi connectivity index (χ0v) is 21.5. The predicted molar refractivity (Wildman–Crippen MR) is 143 cm³/mol. The van der Waals surface area contributed by atoms with Crippen molar-refractivity contribution >= 4 is 23.7 Å². The molecule has 1 aromatic heterocycles. The Morgan fingerprint density at radius 1 is 1.08 bits per heavy atom. The SMILES string of the molecule is COC(=O)C1C(C)=NC(C)=C(C(=O)OCC=Cc2ccc(Cn3ccnc3)cc2)C1c1cccc(C)c1. The number of carbonyl (C=O) groups is 2. The highest BCUT2D eigenvalue weighted by Gasteiger charge is 2.42. The Balaban J connectivity index is 1.48. The lowest BCUT2D eigenvalue weighted by atomic mass is 9.75. The van der Waals surface area contributed by atoms with Crippen LogP contribution >= 0.6 is 0 Å². The van der Waals surface area contributed by atoms with Crippen LogP contribution in [0.4, 0.5) is 0 Å². The van der Waals surface area contributed by atoms with Gasteiger partial charge in [0.15, 0.2) is 0 Å². The molecule has 0 fully saturated rings. The molecule has 1 aliphatic heterocycles. The van der Waals surface area contributed by atoms with Gasteiger partial charge >= 0.3 is 11.9 Å². The van der Waals surface area contributed by atoms with Crippen molar-refractivity contribution < 1.29 is 19.1 Å². The third-order valence-corrected chi connectivity index (χ3v) is 6.43. The van der Waals surface area contributed by atoms with Gasteiger partial charge in [-0.25, -0.2) is 9.78 Å². The van der Waals surface area contributed by atoms with Crippen molar-refractivity contribution in [3.8, 4) is 0 Å². The zero-order chi connectivity index (χ0) is 26.4. The molecule has 7 nitrogen and oxygen atoms in total. The van der Waals surface area contributed by atoms with Crippen LogP contribution < -0.4 is 0 Å². The molecular weight excluding hydrogens is 466 g/mol. The number of aromatic nitrogens is 2. The van der Waals surface area contributed by atoms with Crippen molar-refractivity contribution in [2.45, 2.75) is 33.2 Å². The fraction of sp³-hybridized carbons (Fsp3) is 0.267. The molecule has 2 aromatic carbocycles. The highest BCUT2D eigenvalue weighted by atomic mass is 16.5. The minimum absolute atomic E-state index is 0.0958. The predicted octanol–water partition coefficient (Wildman–Crippen LogP) is 5.12. The maximum absolute atomic E-state index is 13.3. The van der Waals surface area contributed by atoms with Gasteiger partial charge < -0.3 is 14.0 Å². The molecule has 0 amide bonds. The maximum atomic E-state index is 13.3. The molecule has 0 bridgehead atoms. The summed E-state index contributed by atoms with van der Waals surface area (Å²) in [5, 5.41) is 0. The summed E-state index contributed by atoms with van der Waals surface area (Å²) in [6.45, 7) is 6.40. The number of aliphatic imine (C=N–C) groups is 1. The third kappa shape index (κ3) is 6.12. The monoisotopic (exact) mass is 497 g/mol. The van der Waals surface area contributed by atoms with E-state index in [1.54, 1.807) is 32.4 Å². The number of aryl methyl sites for hydroxylation is 1. The lowest BCUT2D eigenvalue weighted by Gasteiger charge is -2.31. The average Bonchev–Trinajstić information content (AvgIpc) is 3.39. The Kier molecular flexibility index (Phi) is 8.13. The van der Waals surface area contributed by atoms with E-state index >= 15 is 0 Å². The summed E-state index contributed by atoms with van der Waals surface area (Å²) in [6.07, 6.45) is 9.18. The molecule has 0 spiro atoms. The van der Waals surface area contributed by atoms with Crippen LogP contribution in [0.25, 0.3) is 6.08 Å². The van der Waals surface area contributed by atoms with Crippen LogP contribution in [-0.4, -0.2) is 40.9 Å². The molecule has 0 N–H and O–H groups in total. The molecule has 0 radical (unpaired) electrons. The lowest BCUT2D eigenvalue weighted by Crippen LogP contribution is -2.36. The number of esters is 2. The molecule has 1 aliphatic rings. The first-order valence-electron chi connectivity index (χ1n) is 12.2.